The fourth-order valence-corrected chi connectivity index (χ4v) is 1.70. The van der Waals surface area contributed by atoms with Crippen LogP contribution in [0, 0.1) is 5.82 Å². The van der Waals surface area contributed by atoms with E-state index >= 15 is 0 Å². The summed E-state index contributed by atoms with van der Waals surface area (Å²) in [4.78, 5) is 7.55. The number of aryl methyl sites for hydroxylation is 1. The molecule has 0 saturated heterocycles. The maximum atomic E-state index is 12.9. The number of H-pyrrole nitrogens is 1. The lowest BCUT2D eigenvalue weighted by Gasteiger charge is -1.93. The van der Waals surface area contributed by atoms with Gasteiger partial charge in [-0.05, 0) is 24.6 Å². The van der Waals surface area contributed by atoms with Gasteiger partial charge in [0.15, 0.2) is 0 Å². The highest BCUT2D eigenvalue weighted by molar-refractivity contribution is 5.74. The van der Waals surface area contributed by atoms with Crippen molar-refractivity contribution in [2.75, 3.05) is 0 Å². The van der Waals surface area contributed by atoms with Crippen LogP contribution in [-0.2, 0) is 6.42 Å². The number of aromatic amines is 1. The quantitative estimate of drug-likeness (QED) is 0.763. The summed E-state index contributed by atoms with van der Waals surface area (Å²) in [7, 11) is 0. The van der Waals surface area contributed by atoms with Crippen molar-refractivity contribution in [2.24, 2.45) is 0 Å². The first-order valence-corrected chi connectivity index (χ1v) is 5.43. The Hall–Kier alpha value is -1.38. The highest BCUT2D eigenvalue weighted by Gasteiger charge is 2.02. The van der Waals surface area contributed by atoms with Crippen LogP contribution in [-0.4, -0.2) is 9.97 Å². The van der Waals surface area contributed by atoms with Gasteiger partial charge in [-0.1, -0.05) is 19.8 Å². The molecule has 1 aromatic carbocycles. The molecule has 0 aliphatic carbocycles. The third-order valence-electron chi connectivity index (χ3n) is 2.51. The van der Waals surface area contributed by atoms with E-state index in [2.05, 4.69) is 16.9 Å². The van der Waals surface area contributed by atoms with Crippen LogP contribution in [0.5, 0.6) is 0 Å². The monoisotopic (exact) mass is 206 g/mol. The molecular formula is C12H15FN2. The number of nitrogens with zero attached hydrogens (tertiary/aromatic N) is 1. The Labute approximate surface area is 88.5 Å². The molecule has 0 saturated carbocycles. The molecule has 2 nitrogen and oxygen atoms in total. The van der Waals surface area contributed by atoms with Gasteiger partial charge in [0.25, 0.3) is 0 Å². The third kappa shape index (κ3) is 2.35. The van der Waals surface area contributed by atoms with E-state index in [9.17, 15) is 4.39 Å². The SMILES string of the molecule is CCCCCc1nc2ccc(F)cc2[nH]1. The predicted molar refractivity (Wildman–Crippen MR) is 59.3 cm³/mol. The highest BCUT2D eigenvalue weighted by Crippen LogP contribution is 2.14. The summed E-state index contributed by atoms with van der Waals surface area (Å²) in [6.07, 6.45) is 4.50. The topological polar surface area (TPSA) is 28.7 Å². The number of imidazole rings is 1. The molecule has 0 unspecified atom stereocenters. The van der Waals surface area contributed by atoms with Gasteiger partial charge in [-0.3, -0.25) is 0 Å². The highest BCUT2D eigenvalue weighted by atomic mass is 19.1. The van der Waals surface area contributed by atoms with Crippen LogP contribution in [0.3, 0.4) is 0 Å². The van der Waals surface area contributed by atoms with E-state index in [1.807, 2.05) is 0 Å². The fourth-order valence-electron chi connectivity index (χ4n) is 1.70. The molecule has 0 spiro atoms. The summed E-state index contributed by atoms with van der Waals surface area (Å²) in [5.41, 5.74) is 1.64. The number of halogens is 1. The molecule has 2 aromatic rings. The van der Waals surface area contributed by atoms with Crippen molar-refractivity contribution in [3.63, 3.8) is 0 Å². The largest absolute Gasteiger partial charge is 0.342 e. The zero-order chi connectivity index (χ0) is 10.7. The minimum atomic E-state index is -0.216. The summed E-state index contributed by atoms with van der Waals surface area (Å²) in [6, 6.07) is 4.65. The summed E-state index contributed by atoms with van der Waals surface area (Å²) in [5, 5.41) is 0. The molecular weight excluding hydrogens is 191 g/mol. The molecule has 0 atom stereocenters. The minimum absolute atomic E-state index is 0.216. The van der Waals surface area contributed by atoms with Gasteiger partial charge in [0.2, 0.25) is 0 Å². The molecule has 0 amide bonds. The standard InChI is InChI=1S/C12H15FN2/c1-2-3-4-5-12-14-10-7-6-9(13)8-11(10)15-12/h6-8H,2-5H2,1H3,(H,14,15). The average molecular weight is 206 g/mol. The molecule has 0 fully saturated rings. The molecule has 3 heteroatoms. The van der Waals surface area contributed by atoms with E-state index < -0.39 is 0 Å². The van der Waals surface area contributed by atoms with Gasteiger partial charge in [-0.15, -0.1) is 0 Å². The predicted octanol–water partition coefficient (Wildman–Crippen LogP) is 3.43. The lowest BCUT2D eigenvalue weighted by atomic mass is 10.2. The van der Waals surface area contributed by atoms with E-state index in [1.165, 1.54) is 25.0 Å². The van der Waals surface area contributed by atoms with Crippen molar-refractivity contribution in [1.82, 2.24) is 9.97 Å². The minimum Gasteiger partial charge on any atom is -0.342 e. The molecule has 1 N–H and O–H groups in total. The van der Waals surface area contributed by atoms with Crippen LogP contribution in [0.25, 0.3) is 11.0 Å². The molecule has 1 aromatic heterocycles. The van der Waals surface area contributed by atoms with Gasteiger partial charge >= 0.3 is 0 Å². The second kappa shape index (κ2) is 4.43. The second-order valence-corrected chi connectivity index (χ2v) is 3.80. The number of rotatable bonds is 4. The van der Waals surface area contributed by atoms with E-state index in [-0.39, 0.29) is 5.82 Å². The second-order valence-electron chi connectivity index (χ2n) is 3.80. The maximum Gasteiger partial charge on any atom is 0.125 e. The van der Waals surface area contributed by atoms with Crippen LogP contribution in [0.2, 0.25) is 0 Å². The maximum absolute atomic E-state index is 12.9. The first kappa shape index (κ1) is 10.1. The Kier molecular flexibility index (Phi) is 2.99. The van der Waals surface area contributed by atoms with Crippen molar-refractivity contribution in [1.29, 1.82) is 0 Å². The molecule has 0 bridgehead atoms. The van der Waals surface area contributed by atoms with Crippen molar-refractivity contribution in [3.8, 4) is 0 Å². The lowest BCUT2D eigenvalue weighted by Crippen LogP contribution is -1.87. The number of hydrogen-bond acceptors (Lipinski definition) is 1. The summed E-state index contributed by atoms with van der Waals surface area (Å²) >= 11 is 0. The summed E-state index contributed by atoms with van der Waals surface area (Å²) < 4.78 is 12.9. The average Bonchev–Trinajstić information content (AvgIpc) is 2.60. The van der Waals surface area contributed by atoms with Crippen LogP contribution in [0.1, 0.15) is 32.0 Å². The Morgan fingerprint density at radius 3 is 3.00 bits per heavy atom. The van der Waals surface area contributed by atoms with Gasteiger partial charge in [0.1, 0.15) is 11.6 Å². The molecule has 15 heavy (non-hydrogen) atoms. The zero-order valence-corrected chi connectivity index (χ0v) is 8.89. The molecule has 0 aliphatic heterocycles. The Morgan fingerprint density at radius 2 is 2.20 bits per heavy atom. The molecule has 80 valence electrons. The number of hydrogen-bond donors (Lipinski definition) is 1. The van der Waals surface area contributed by atoms with E-state index in [4.69, 9.17) is 0 Å². The summed E-state index contributed by atoms with van der Waals surface area (Å²) in [5.74, 6) is 0.746. The van der Waals surface area contributed by atoms with Crippen LogP contribution < -0.4 is 0 Å². The van der Waals surface area contributed by atoms with Gasteiger partial charge in [0, 0.05) is 6.42 Å². The van der Waals surface area contributed by atoms with Crippen molar-refractivity contribution >= 4 is 11.0 Å². The molecule has 1 heterocycles. The number of benzene rings is 1. The molecule has 2 rings (SSSR count). The molecule has 0 radical (unpaired) electrons. The van der Waals surface area contributed by atoms with E-state index in [1.54, 1.807) is 6.07 Å². The smallest absolute Gasteiger partial charge is 0.125 e. The molecule has 0 aliphatic rings. The number of fused-ring (bicyclic) bond motifs is 1. The first-order valence-electron chi connectivity index (χ1n) is 5.43. The van der Waals surface area contributed by atoms with E-state index in [0.29, 0.717) is 0 Å². The van der Waals surface area contributed by atoms with Crippen molar-refractivity contribution in [2.45, 2.75) is 32.6 Å². The van der Waals surface area contributed by atoms with Crippen molar-refractivity contribution in [3.05, 3.63) is 29.8 Å². The number of nitrogens with one attached hydrogen (secondary N) is 1. The Morgan fingerprint density at radius 1 is 1.33 bits per heavy atom. The fraction of sp³-hybridized carbons (Fsp3) is 0.417. The van der Waals surface area contributed by atoms with Gasteiger partial charge in [0.05, 0.1) is 11.0 Å². The van der Waals surface area contributed by atoms with Crippen molar-refractivity contribution < 1.29 is 4.39 Å². The third-order valence-corrected chi connectivity index (χ3v) is 2.51. The Bertz CT molecular complexity index is 448. The van der Waals surface area contributed by atoms with Gasteiger partial charge < -0.3 is 4.98 Å². The van der Waals surface area contributed by atoms with E-state index in [0.717, 1.165) is 29.7 Å². The van der Waals surface area contributed by atoms with Crippen LogP contribution in [0.15, 0.2) is 18.2 Å². The lowest BCUT2D eigenvalue weighted by molar-refractivity contribution is 0.629. The van der Waals surface area contributed by atoms with Crippen LogP contribution in [0.4, 0.5) is 4.39 Å². The first-order chi connectivity index (χ1) is 7.29. The number of unbranched alkanes of at least 4 members (excludes halogenated alkanes) is 2. The normalized spacial score (nSPS) is 11.1. The van der Waals surface area contributed by atoms with Gasteiger partial charge in [-0.2, -0.15) is 0 Å². The number of aromatic nitrogens is 2. The summed E-state index contributed by atoms with van der Waals surface area (Å²) in [6.45, 7) is 2.17. The zero-order valence-electron chi connectivity index (χ0n) is 8.89. The van der Waals surface area contributed by atoms with Gasteiger partial charge in [-0.25, -0.2) is 9.37 Å². The van der Waals surface area contributed by atoms with Crippen LogP contribution >= 0.6 is 0 Å². The Balaban J connectivity index is 2.16.